The summed E-state index contributed by atoms with van der Waals surface area (Å²) in [6.45, 7) is 6.60. The Morgan fingerprint density at radius 1 is 1.03 bits per heavy atom. The van der Waals surface area contributed by atoms with Crippen LogP contribution in [0.3, 0.4) is 0 Å². The Labute approximate surface area is 185 Å². The minimum atomic E-state index is 0.285. The highest BCUT2D eigenvalue weighted by Gasteiger charge is 2.22. The third-order valence-corrected chi connectivity index (χ3v) is 6.58. The molecular weight excluding hydrogens is 382 g/mol. The van der Waals surface area contributed by atoms with E-state index in [1.165, 1.54) is 16.7 Å². The van der Waals surface area contributed by atoms with Gasteiger partial charge in [-0.25, -0.2) is 0 Å². The molecule has 2 aromatic carbocycles. The molecule has 0 N–H and O–H groups in total. The van der Waals surface area contributed by atoms with E-state index in [1.807, 2.05) is 24.0 Å². The molecule has 0 radical (unpaired) electrons. The summed E-state index contributed by atoms with van der Waals surface area (Å²) in [5.74, 6) is 0.285. The van der Waals surface area contributed by atoms with Gasteiger partial charge in [-0.2, -0.15) is 5.26 Å². The van der Waals surface area contributed by atoms with Crippen LogP contribution in [-0.2, 0) is 17.9 Å². The lowest BCUT2D eigenvalue weighted by molar-refractivity contribution is -0.131. The van der Waals surface area contributed by atoms with Crippen LogP contribution >= 0.6 is 0 Å². The fourth-order valence-electron chi connectivity index (χ4n) is 4.70. The standard InChI is InChI=1S/C27H31N3O/c1-21-8-7-11-25(26(21)18-28)22-13-16-29(17-14-22)15-6-2-3-12-27(31)30-19-23-9-4-5-10-24(23)20-30/h4-5,7-11,13H,2-3,6,12,14-17,19-20H2,1H3. The fraction of sp³-hybridized carbons (Fsp3) is 0.407. The maximum Gasteiger partial charge on any atom is 0.223 e. The molecule has 0 aliphatic carbocycles. The number of carbonyl (C=O) groups excluding carboxylic acids is 1. The normalized spacial score (nSPS) is 16.0. The second-order valence-corrected chi connectivity index (χ2v) is 8.72. The van der Waals surface area contributed by atoms with Gasteiger partial charge in [-0.05, 0) is 60.6 Å². The molecular formula is C27H31N3O. The van der Waals surface area contributed by atoms with E-state index >= 15 is 0 Å². The van der Waals surface area contributed by atoms with Crippen molar-refractivity contribution in [2.24, 2.45) is 0 Å². The number of hydrogen-bond donors (Lipinski definition) is 0. The third-order valence-electron chi connectivity index (χ3n) is 6.58. The van der Waals surface area contributed by atoms with E-state index in [0.717, 1.165) is 75.1 Å². The van der Waals surface area contributed by atoms with E-state index in [9.17, 15) is 10.1 Å². The van der Waals surface area contributed by atoms with Gasteiger partial charge in [0.25, 0.3) is 0 Å². The molecule has 0 spiro atoms. The Morgan fingerprint density at radius 3 is 2.48 bits per heavy atom. The van der Waals surface area contributed by atoms with Crippen molar-refractivity contribution in [3.8, 4) is 6.07 Å². The molecule has 2 aliphatic heterocycles. The van der Waals surface area contributed by atoms with Crippen LogP contribution in [0.5, 0.6) is 0 Å². The largest absolute Gasteiger partial charge is 0.334 e. The van der Waals surface area contributed by atoms with Crippen LogP contribution < -0.4 is 0 Å². The molecule has 31 heavy (non-hydrogen) atoms. The van der Waals surface area contributed by atoms with Gasteiger partial charge in [0.15, 0.2) is 0 Å². The molecule has 4 heteroatoms. The van der Waals surface area contributed by atoms with Crippen LogP contribution in [-0.4, -0.2) is 35.3 Å². The van der Waals surface area contributed by atoms with E-state index < -0.39 is 0 Å². The molecule has 0 saturated carbocycles. The Balaban J connectivity index is 1.16. The summed E-state index contributed by atoms with van der Waals surface area (Å²) in [6, 6.07) is 16.8. The van der Waals surface area contributed by atoms with Gasteiger partial charge in [0, 0.05) is 32.6 Å². The number of aryl methyl sites for hydroxylation is 1. The quantitative estimate of drug-likeness (QED) is 0.596. The van der Waals surface area contributed by atoms with Crippen LogP contribution in [0, 0.1) is 18.3 Å². The maximum absolute atomic E-state index is 12.5. The molecule has 0 aromatic heterocycles. The first-order chi connectivity index (χ1) is 15.2. The molecule has 4 nitrogen and oxygen atoms in total. The third kappa shape index (κ3) is 5.06. The lowest BCUT2D eigenvalue weighted by Crippen LogP contribution is -2.29. The maximum atomic E-state index is 12.5. The van der Waals surface area contributed by atoms with Gasteiger partial charge in [-0.15, -0.1) is 0 Å². The second-order valence-electron chi connectivity index (χ2n) is 8.72. The van der Waals surface area contributed by atoms with Crippen molar-refractivity contribution in [1.82, 2.24) is 9.80 Å². The van der Waals surface area contributed by atoms with Crippen molar-refractivity contribution in [3.63, 3.8) is 0 Å². The highest BCUT2D eigenvalue weighted by atomic mass is 16.2. The summed E-state index contributed by atoms with van der Waals surface area (Å²) < 4.78 is 0. The number of carbonyl (C=O) groups is 1. The van der Waals surface area contributed by atoms with Crippen LogP contribution in [0.15, 0.2) is 48.5 Å². The average molecular weight is 414 g/mol. The fourth-order valence-corrected chi connectivity index (χ4v) is 4.70. The number of amides is 1. The van der Waals surface area contributed by atoms with Crippen molar-refractivity contribution in [2.45, 2.75) is 52.1 Å². The molecule has 0 saturated heterocycles. The molecule has 0 atom stereocenters. The number of nitrogens with zero attached hydrogens (tertiary/aromatic N) is 3. The Morgan fingerprint density at radius 2 is 1.81 bits per heavy atom. The first-order valence-electron chi connectivity index (χ1n) is 11.4. The van der Waals surface area contributed by atoms with E-state index in [4.69, 9.17) is 0 Å². The average Bonchev–Trinajstić information content (AvgIpc) is 3.23. The summed E-state index contributed by atoms with van der Waals surface area (Å²) in [7, 11) is 0. The van der Waals surface area contributed by atoms with Crippen LogP contribution in [0.25, 0.3) is 5.57 Å². The van der Waals surface area contributed by atoms with Gasteiger partial charge in [0.1, 0.15) is 6.07 Å². The summed E-state index contributed by atoms with van der Waals surface area (Å²) in [6.07, 6.45) is 7.12. The monoisotopic (exact) mass is 413 g/mol. The number of fused-ring (bicyclic) bond motifs is 1. The zero-order chi connectivity index (χ0) is 21.6. The first kappa shape index (κ1) is 21.3. The predicted octanol–water partition coefficient (Wildman–Crippen LogP) is 5.06. The van der Waals surface area contributed by atoms with E-state index in [2.05, 4.69) is 47.4 Å². The number of unbranched alkanes of at least 4 members (excludes halogenated alkanes) is 2. The van der Waals surface area contributed by atoms with Crippen LogP contribution in [0.1, 0.15) is 59.9 Å². The summed E-state index contributed by atoms with van der Waals surface area (Å²) in [5.41, 5.74) is 6.85. The SMILES string of the molecule is Cc1cccc(C2=CCN(CCCCCC(=O)N3Cc4ccccc4C3)CC2)c1C#N. The number of rotatable bonds is 7. The number of nitriles is 1. The Kier molecular flexibility index (Phi) is 6.84. The highest BCUT2D eigenvalue weighted by molar-refractivity contribution is 5.77. The lowest BCUT2D eigenvalue weighted by Gasteiger charge is -2.27. The predicted molar refractivity (Wildman–Crippen MR) is 124 cm³/mol. The Hall–Kier alpha value is -2.90. The Bertz CT molecular complexity index is 992. The first-order valence-corrected chi connectivity index (χ1v) is 11.4. The van der Waals surface area contributed by atoms with Gasteiger partial charge < -0.3 is 4.90 Å². The molecule has 0 unspecified atom stereocenters. The summed E-state index contributed by atoms with van der Waals surface area (Å²) >= 11 is 0. The van der Waals surface area contributed by atoms with Gasteiger partial charge in [-0.1, -0.05) is 55.0 Å². The smallest absolute Gasteiger partial charge is 0.223 e. The number of hydrogen-bond acceptors (Lipinski definition) is 3. The van der Waals surface area contributed by atoms with Crippen molar-refractivity contribution in [3.05, 3.63) is 76.4 Å². The van der Waals surface area contributed by atoms with Gasteiger partial charge in [-0.3, -0.25) is 9.69 Å². The minimum absolute atomic E-state index is 0.285. The zero-order valence-electron chi connectivity index (χ0n) is 18.4. The van der Waals surface area contributed by atoms with E-state index in [0.29, 0.717) is 6.42 Å². The lowest BCUT2D eigenvalue weighted by atomic mass is 9.93. The molecule has 2 heterocycles. The molecule has 0 bridgehead atoms. The molecule has 4 rings (SSSR count). The van der Waals surface area contributed by atoms with Gasteiger partial charge >= 0.3 is 0 Å². The molecule has 2 aromatic rings. The minimum Gasteiger partial charge on any atom is -0.334 e. The van der Waals surface area contributed by atoms with Crippen LogP contribution in [0.4, 0.5) is 0 Å². The van der Waals surface area contributed by atoms with Crippen molar-refractivity contribution >= 4 is 11.5 Å². The molecule has 2 aliphatic rings. The van der Waals surface area contributed by atoms with E-state index in [-0.39, 0.29) is 5.91 Å². The number of benzene rings is 2. The summed E-state index contributed by atoms with van der Waals surface area (Å²) in [5, 5.41) is 9.49. The summed E-state index contributed by atoms with van der Waals surface area (Å²) in [4.78, 5) is 17.0. The second kappa shape index (κ2) is 9.94. The van der Waals surface area contributed by atoms with Crippen molar-refractivity contribution in [2.75, 3.05) is 19.6 Å². The van der Waals surface area contributed by atoms with Crippen molar-refractivity contribution < 1.29 is 4.79 Å². The zero-order valence-corrected chi connectivity index (χ0v) is 18.4. The van der Waals surface area contributed by atoms with Crippen molar-refractivity contribution in [1.29, 1.82) is 5.26 Å². The van der Waals surface area contributed by atoms with Crippen LogP contribution in [0.2, 0.25) is 0 Å². The van der Waals surface area contributed by atoms with E-state index in [1.54, 1.807) is 0 Å². The van der Waals surface area contributed by atoms with Gasteiger partial charge in [0.05, 0.1) is 5.56 Å². The highest BCUT2D eigenvalue weighted by Crippen LogP contribution is 2.27. The van der Waals surface area contributed by atoms with Gasteiger partial charge in [0.2, 0.25) is 5.91 Å². The molecule has 0 fully saturated rings. The topological polar surface area (TPSA) is 47.3 Å². The molecule has 160 valence electrons. The molecule has 1 amide bonds.